The molecule has 0 aliphatic carbocycles. The molecular weight excluding hydrogens is 266 g/mol. The first-order valence-corrected chi connectivity index (χ1v) is 7.20. The first-order chi connectivity index (χ1) is 10.2. The maximum Gasteiger partial charge on any atom is 0.291 e. The highest BCUT2D eigenvalue weighted by atomic mass is 16.4. The molecule has 0 N–H and O–H groups in total. The van der Waals surface area contributed by atoms with Gasteiger partial charge < -0.3 is 9.32 Å². The third-order valence-corrected chi connectivity index (χ3v) is 3.74. The summed E-state index contributed by atoms with van der Waals surface area (Å²) in [5, 5.41) is 0. The van der Waals surface area contributed by atoms with Crippen molar-refractivity contribution in [1.82, 2.24) is 14.8 Å². The number of rotatable bonds is 3. The van der Waals surface area contributed by atoms with Crippen molar-refractivity contribution in [3.63, 3.8) is 0 Å². The molecule has 1 aliphatic rings. The van der Waals surface area contributed by atoms with E-state index in [-0.39, 0.29) is 5.91 Å². The van der Waals surface area contributed by atoms with Gasteiger partial charge in [0.05, 0.1) is 6.20 Å². The van der Waals surface area contributed by atoms with Crippen LogP contribution in [-0.4, -0.2) is 46.9 Å². The summed E-state index contributed by atoms with van der Waals surface area (Å²) in [5.41, 5.74) is 1.31. The van der Waals surface area contributed by atoms with Gasteiger partial charge in [-0.1, -0.05) is 30.3 Å². The lowest BCUT2D eigenvalue weighted by atomic mass is 10.2. The summed E-state index contributed by atoms with van der Waals surface area (Å²) in [4.78, 5) is 20.4. The third kappa shape index (κ3) is 3.31. The van der Waals surface area contributed by atoms with Gasteiger partial charge in [-0.25, -0.2) is 4.98 Å². The molecule has 0 spiro atoms. The Bertz CT molecular complexity index is 601. The standard InChI is InChI=1S/C16H19N3O2/c1-13-17-11-15(21-13)16(20)19-9-7-18(8-10-19)12-14-5-3-2-4-6-14/h2-6,11H,7-10,12H2,1H3. The minimum absolute atomic E-state index is 0.0602. The summed E-state index contributed by atoms with van der Waals surface area (Å²) in [5.74, 6) is 0.806. The second kappa shape index (κ2) is 6.10. The number of benzene rings is 1. The van der Waals surface area contributed by atoms with Crippen molar-refractivity contribution in [2.45, 2.75) is 13.5 Å². The Morgan fingerprint density at radius 2 is 1.90 bits per heavy atom. The molecule has 0 atom stereocenters. The van der Waals surface area contributed by atoms with Crippen molar-refractivity contribution in [3.8, 4) is 0 Å². The van der Waals surface area contributed by atoms with Gasteiger partial charge in [-0.3, -0.25) is 9.69 Å². The minimum Gasteiger partial charge on any atom is -0.436 e. The summed E-state index contributed by atoms with van der Waals surface area (Å²) in [6, 6.07) is 10.4. The van der Waals surface area contributed by atoms with E-state index in [0.717, 1.165) is 32.7 Å². The Kier molecular flexibility index (Phi) is 4.01. The average molecular weight is 285 g/mol. The SMILES string of the molecule is Cc1ncc(C(=O)N2CCN(Cc3ccccc3)CC2)o1. The van der Waals surface area contributed by atoms with Crippen LogP contribution in [0, 0.1) is 6.92 Å². The number of nitrogens with zero attached hydrogens (tertiary/aromatic N) is 3. The zero-order chi connectivity index (χ0) is 14.7. The molecule has 3 rings (SSSR count). The van der Waals surface area contributed by atoms with Gasteiger partial charge in [0.15, 0.2) is 5.89 Å². The van der Waals surface area contributed by atoms with Crippen LogP contribution in [-0.2, 0) is 6.54 Å². The fourth-order valence-corrected chi connectivity index (χ4v) is 2.57. The smallest absolute Gasteiger partial charge is 0.291 e. The normalized spacial score (nSPS) is 16.1. The number of aryl methyl sites for hydroxylation is 1. The highest BCUT2D eigenvalue weighted by Gasteiger charge is 2.24. The molecule has 1 saturated heterocycles. The van der Waals surface area contributed by atoms with E-state index >= 15 is 0 Å². The molecule has 5 nitrogen and oxygen atoms in total. The van der Waals surface area contributed by atoms with Crippen molar-refractivity contribution in [2.24, 2.45) is 0 Å². The Morgan fingerprint density at radius 3 is 2.52 bits per heavy atom. The van der Waals surface area contributed by atoms with Crippen LogP contribution in [0.4, 0.5) is 0 Å². The zero-order valence-corrected chi connectivity index (χ0v) is 12.2. The first-order valence-electron chi connectivity index (χ1n) is 7.20. The van der Waals surface area contributed by atoms with Crippen molar-refractivity contribution < 1.29 is 9.21 Å². The number of oxazole rings is 1. The van der Waals surface area contributed by atoms with Crippen molar-refractivity contribution in [3.05, 3.63) is 53.7 Å². The zero-order valence-electron chi connectivity index (χ0n) is 12.2. The van der Waals surface area contributed by atoms with Crippen LogP contribution >= 0.6 is 0 Å². The fourth-order valence-electron chi connectivity index (χ4n) is 2.57. The van der Waals surface area contributed by atoms with Gasteiger partial charge in [-0.15, -0.1) is 0 Å². The highest BCUT2D eigenvalue weighted by molar-refractivity contribution is 5.91. The Balaban J connectivity index is 1.54. The molecule has 2 aromatic rings. The predicted molar refractivity (Wildman–Crippen MR) is 78.9 cm³/mol. The van der Waals surface area contributed by atoms with Crippen molar-refractivity contribution in [2.75, 3.05) is 26.2 Å². The lowest BCUT2D eigenvalue weighted by Crippen LogP contribution is -2.48. The molecule has 0 radical (unpaired) electrons. The van der Waals surface area contributed by atoms with Crippen LogP contribution in [0.5, 0.6) is 0 Å². The van der Waals surface area contributed by atoms with E-state index in [1.54, 1.807) is 6.92 Å². The quantitative estimate of drug-likeness (QED) is 0.865. The molecule has 5 heteroatoms. The lowest BCUT2D eigenvalue weighted by molar-refractivity contribution is 0.0596. The molecule has 110 valence electrons. The monoisotopic (exact) mass is 285 g/mol. The number of hydrogen-bond acceptors (Lipinski definition) is 4. The number of piperazine rings is 1. The Hall–Kier alpha value is -2.14. The van der Waals surface area contributed by atoms with Gasteiger partial charge in [-0.2, -0.15) is 0 Å². The fraction of sp³-hybridized carbons (Fsp3) is 0.375. The largest absolute Gasteiger partial charge is 0.436 e. The van der Waals surface area contributed by atoms with E-state index in [2.05, 4.69) is 34.1 Å². The molecule has 1 aromatic heterocycles. The van der Waals surface area contributed by atoms with Crippen LogP contribution in [0.2, 0.25) is 0 Å². The van der Waals surface area contributed by atoms with E-state index < -0.39 is 0 Å². The van der Waals surface area contributed by atoms with Crippen LogP contribution in [0.15, 0.2) is 40.9 Å². The van der Waals surface area contributed by atoms with Crippen molar-refractivity contribution >= 4 is 5.91 Å². The molecule has 1 fully saturated rings. The first kappa shape index (κ1) is 13.8. The number of hydrogen-bond donors (Lipinski definition) is 0. The van der Waals surface area contributed by atoms with Gasteiger partial charge in [0.2, 0.25) is 5.76 Å². The van der Waals surface area contributed by atoms with Gasteiger partial charge in [0.1, 0.15) is 0 Å². The number of carbonyl (C=O) groups is 1. The van der Waals surface area contributed by atoms with Gasteiger partial charge in [0.25, 0.3) is 5.91 Å². The number of amides is 1. The van der Waals surface area contributed by atoms with Crippen LogP contribution in [0.1, 0.15) is 22.0 Å². The molecule has 1 aromatic carbocycles. The van der Waals surface area contributed by atoms with E-state index in [9.17, 15) is 4.79 Å². The second-order valence-electron chi connectivity index (χ2n) is 5.30. The summed E-state index contributed by atoms with van der Waals surface area (Å²) in [7, 11) is 0. The van der Waals surface area contributed by atoms with Crippen LogP contribution in [0.25, 0.3) is 0 Å². The molecule has 1 amide bonds. The summed E-state index contributed by atoms with van der Waals surface area (Å²) in [6.45, 7) is 5.90. The third-order valence-electron chi connectivity index (χ3n) is 3.74. The summed E-state index contributed by atoms with van der Waals surface area (Å²) in [6.07, 6.45) is 1.51. The molecule has 2 heterocycles. The molecule has 0 saturated carbocycles. The predicted octanol–water partition coefficient (Wildman–Crippen LogP) is 1.94. The minimum atomic E-state index is -0.0602. The van der Waals surface area contributed by atoms with Crippen LogP contribution < -0.4 is 0 Å². The average Bonchev–Trinajstić information content (AvgIpc) is 2.95. The highest BCUT2D eigenvalue weighted by Crippen LogP contribution is 2.12. The summed E-state index contributed by atoms with van der Waals surface area (Å²) < 4.78 is 5.31. The summed E-state index contributed by atoms with van der Waals surface area (Å²) >= 11 is 0. The molecule has 1 aliphatic heterocycles. The molecular formula is C16H19N3O2. The topological polar surface area (TPSA) is 49.6 Å². The number of aromatic nitrogens is 1. The van der Waals surface area contributed by atoms with E-state index in [1.807, 2.05) is 11.0 Å². The maximum absolute atomic E-state index is 12.3. The molecule has 0 bridgehead atoms. The molecule has 21 heavy (non-hydrogen) atoms. The van der Waals surface area contributed by atoms with Crippen LogP contribution in [0.3, 0.4) is 0 Å². The Morgan fingerprint density at radius 1 is 1.19 bits per heavy atom. The molecule has 0 unspecified atom stereocenters. The van der Waals surface area contributed by atoms with Gasteiger partial charge in [-0.05, 0) is 5.56 Å². The van der Waals surface area contributed by atoms with Crippen molar-refractivity contribution in [1.29, 1.82) is 0 Å². The lowest BCUT2D eigenvalue weighted by Gasteiger charge is -2.34. The number of carbonyl (C=O) groups excluding carboxylic acids is 1. The van der Waals surface area contributed by atoms with Gasteiger partial charge in [0, 0.05) is 39.6 Å². The van der Waals surface area contributed by atoms with E-state index in [0.29, 0.717) is 11.7 Å². The van der Waals surface area contributed by atoms with Gasteiger partial charge >= 0.3 is 0 Å². The maximum atomic E-state index is 12.3. The Labute approximate surface area is 124 Å². The van der Waals surface area contributed by atoms with E-state index in [1.165, 1.54) is 11.8 Å². The van der Waals surface area contributed by atoms with E-state index in [4.69, 9.17) is 4.42 Å². The second-order valence-corrected chi connectivity index (χ2v) is 5.30.